The summed E-state index contributed by atoms with van der Waals surface area (Å²) in [4.78, 5) is 0. The molecular formula is C12H23N3. The molecule has 0 spiro atoms. The van der Waals surface area contributed by atoms with Gasteiger partial charge in [-0.15, -0.1) is 0 Å². The average molecular weight is 209 g/mol. The Morgan fingerprint density at radius 2 is 2.27 bits per heavy atom. The summed E-state index contributed by atoms with van der Waals surface area (Å²) in [5.41, 5.74) is 2.47. The topological polar surface area (TPSA) is 29.9 Å². The van der Waals surface area contributed by atoms with Crippen LogP contribution < -0.4 is 5.32 Å². The standard InChI is InChI=1S/C12H23N3/c1-5-6-11(9-13-3)8-12-7-10(2)14-15(12)4/h7,11,13H,5-6,8-9H2,1-4H3. The molecule has 0 radical (unpaired) electrons. The van der Waals surface area contributed by atoms with E-state index in [4.69, 9.17) is 0 Å². The molecule has 0 aliphatic heterocycles. The van der Waals surface area contributed by atoms with E-state index in [-0.39, 0.29) is 0 Å². The molecule has 1 N–H and O–H groups in total. The molecule has 0 aliphatic carbocycles. The van der Waals surface area contributed by atoms with Gasteiger partial charge in [0, 0.05) is 12.7 Å². The van der Waals surface area contributed by atoms with Gasteiger partial charge in [0.2, 0.25) is 0 Å². The first-order valence-electron chi connectivity index (χ1n) is 5.81. The molecule has 0 bridgehead atoms. The van der Waals surface area contributed by atoms with E-state index >= 15 is 0 Å². The second kappa shape index (κ2) is 5.91. The Morgan fingerprint density at radius 1 is 1.53 bits per heavy atom. The van der Waals surface area contributed by atoms with Crippen molar-refractivity contribution < 1.29 is 0 Å². The second-order valence-electron chi connectivity index (χ2n) is 4.32. The Labute approximate surface area is 92.9 Å². The first kappa shape index (κ1) is 12.2. The summed E-state index contributed by atoms with van der Waals surface area (Å²) in [6.07, 6.45) is 3.67. The summed E-state index contributed by atoms with van der Waals surface area (Å²) in [6, 6.07) is 2.19. The highest BCUT2D eigenvalue weighted by atomic mass is 15.3. The van der Waals surface area contributed by atoms with Crippen molar-refractivity contribution in [2.45, 2.75) is 33.1 Å². The smallest absolute Gasteiger partial charge is 0.0596 e. The Balaban J connectivity index is 2.60. The minimum atomic E-state index is 0.731. The third-order valence-corrected chi connectivity index (χ3v) is 2.79. The van der Waals surface area contributed by atoms with Crippen molar-refractivity contribution >= 4 is 0 Å². The van der Waals surface area contributed by atoms with Gasteiger partial charge >= 0.3 is 0 Å². The molecular weight excluding hydrogens is 186 g/mol. The van der Waals surface area contributed by atoms with Crippen LogP contribution in [0.1, 0.15) is 31.2 Å². The Hall–Kier alpha value is -0.830. The zero-order valence-corrected chi connectivity index (χ0v) is 10.4. The lowest BCUT2D eigenvalue weighted by Crippen LogP contribution is -2.21. The van der Waals surface area contributed by atoms with Gasteiger partial charge in [0.1, 0.15) is 0 Å². The predicted molar refractivity (Wildman–Crippen MR) is 64.0 cm³/mol. The number of rotatable bonds is 6. The maximum atomic E-state index is 4.38. The van der Waals surface area contributed by atoms with Crippen LogP contribution in [0.5, 0.6) is 0 Å². The van der Waals surface area contributed by atoms with E-state index in [1.807, 2.05) is 18.8 Å². The van der Waals surface area contributed by atoms with Crippen molar-refractivity contribution in [2.24, 2.45) is 13.0 Å². The number of hydrogen-bond donors (Lipinski definition) is 1. The van der Waals surface area contributed by atoms with Gasteiger partial charge in [-0.3, -0.25) is 4.68 Å². The molecule has 0 fully saturated rings. The Morgan fingerprint density at radius 3 is 2.73 bits per heavy atom. The van der Waals surface area contributed by atoms with Crippen LogP contribution in [0.3, 0.4) is 0 Å². The molecule has 1 atom stereocenters. The van der Waals surface area contributed by atoms with E-state index in [9.17, 15) is 0 Å². The minimum Gasteiger partial charge on any atom is -0.319 e. The predicted octanol–water partition coefficient (Wildman–Crippen LogP) is 1.91. The highest BCUT2D eigenvalue weighted by Crippen LogP contribution is 2.14. The number of hydrogen-bond acceptors (Lipinski definition) is 2. The summed E-state index contributed by atoms with van der Waals surface area (Å²) in [7, 11) is 4.06. The second-order valence-corrected chi connectivity index (χ2v) is 4.32. The maximum absolute atomic E-state index is 4.38. The summed E-state index contributed by atoms with van der Waals surface area (Å²) in [6.45, 7) is 5.39. The maximum Gasteiger partial charge on any atom is 0.0596 e. The van der Waals surface area contributed by atoms with Gasteiger partial charge < -0.3 is 5.32 Å². The Kier molecular flexibility index (Phi) is 4.82. The molecule has 1 aromatic heterocycles. The molecule has 3 heteroatoms. The molecule has 0 saturated carbocycles. The Bertz CT molecular complexity index is 285. The van der Waals surface area contributed by atoms with Crippen LogP contribution in [0.15, 0.2) is 6.07 Å². The highest BCUT2D eigenvalue weighted by Gasteiger charge is 2.11. The summed E-state index contributed by atoms with van der Waals surface area (Å²) < 4.78 is 2.01. The van der Waals surface area contributed by atoms with E-state index in [0.29, 0.717) is 0 Å². The lowest BCUT2D eigenvalue weighted by molar-refractivity contribution is 0.443. The summed E-state index contributed by atoms with van der Waals surface area (Å²) >= 11 is 0. The molecule has 3 nitrogen and oxygen atoms in total. The van der Waals surface area contributed by atoms with E-state index < -0.39 is 0 Å². The van der Waals surface area contributed by atoms with Gasteiger partial charge in [-0.2, -0.15) is 5.10 Å². The fraction of sp³-hybridized carbons (Fsp3) is 0.750. The fourth-order valence-corrected chi connectivity index (χ4v) is 2.12. The first-order valence-corrected chi connectivity index (χ1v) is 5.81. The molecule has 0 amide bonds. The first-order chi connectivity index (χ1) is 7.17. The van der Waals surface area contributed by atoms with Crippen molar-refractivity contribution in [1.82, 2.24) is 15.1 Å². The van der Waals surface area contributed by atoms with Crippen molar-refractivity contribution in [2.75, 3.05) is 13.6 Å². The van der Waals surface area contributed by atoms with Gasteiger partial charge in [0.25, 0.3) is 0 Å². The molecule has 1 unspecified atom stereocenters. The van der Waals surface area contributed by atoms with Crippen LogP contribution in [-0.2, 0) is 13.5 Å². The van der Waals surface area contributed by atoms with Gasteiger partial charge in [-0.25, -0.2) is 0 Å². The van der Waals surface area contributed by atoms with Crippen molar-refractivity contribution in [3.63, 3.8) is 0 Å². The number of aryl methyl sites for hydroxylation is 2. The van der Waals surface area contributed by atoms with Crippen molar-refractivity contribution in [3.8, 4) is 0 Å². The quantitative estimate of drug-likeness (QED) is 0.775. The lowest BCUT2D eigenvalue weighted by atomic mass is 9.98. The van der Waals surface area contributed by atoms with E-state index in [1.54, 1.807) is 0 Å². The number of nitrogens with zero attached hydrogens (tertiary/aromatic N) is 2. The molecule has 0 aliphatic rings. The fourth-order valence-electron chi connectivity index (χ4n) is 2.12. The largest absolute Gasteiger partial charge is 0.319 e. The molecule has 15 heavy (non-hydrogen) atoms. The van der Waals surface area contributed by atoms with Crippen LogP contribution >= 0.6 is 0 Å². The van der Waals surface area contributed by atoms with Gasteiger partial charge in [-0.1, -0.05) is 13.3 Å². The van der Waals surface area contributed by atoms with Gasteiger partial charge in [0.15, 0.2) is 0 Å². The molecule has 0 saturated heterocycles. The zero-order chi connectivity index (χ0) is 11.3. The van der Waals surface area contributed by atoms with Crippen LogP contribution in [0.25, 0.3) is 0 Å². The molecule has 1 rings (SSSR count). The number of nitrogens with one attached hydrogen (secondary N) is 1. The minimum absolute atomic E-state index is 0.731. The molecule has 86 valence electrons. The van der Waals surface area contributed by atoms with Gasteiger partial charge in [0.05, 0.1) is 5.69 Å². The van der Waals surface area contributed by atoms with Crippen LogP contribution in [0.2, 0.25) is 0 Å². The lowest BCUT2D eigenvalue weighted by Gasteiger charge is -2.15. The van der Waals surface area contributed by atoms with Gasteiger partial charge in [-0.05, 0) is 45.3 Å². The molecule has 1 heterocycles. The SMILES string of the molecule is CCCC(CNC)Cc1cc(C)nn1C. The van der Waals surface area contributed by atoms with E-state index in [1.165, 1.54) is 18.5 Å². The van der Waals surface area contributed by atoms with Crippen molar-refractivity contribution in [1.29, 1.82) is 0 Å². The van der Waals surface area contributed by atoms with Crippen LogP contribution in [0, 0.1) is 12.8 Å². The molecule has 1 aromatic rings. The van der Waals surface area contributed by atoms with E-state index in [2.05, 4.69) is 30.3 Å². The average Bonchev–Trinajstić information content (AvgIpc) is 2.46. The van der Waals surface area contributed by atoms with Crippen LogP contribution in [-0.4, -0.2) is 23.4 Å². The number of aromatic nitrogens is 2. The molecule has 0 aromatic carbocycles. The monoisotopic (exact) mass is 209 g/mol. The van der Waals surface area contributed by atoms with E-state index in [0.717, 1.165) is 24.6 Å². The summed E-state index contributed by atoms with van der Waals surface area (Å²) in [5, 5.41) is 7.65. The highest BCUT2D eigenvalue weighted by molar-refractivity contribution is 5.09. The van der Waals surface area contributed by atoms with Crippen LogP contribution in [0.4, 0.5) is 0 Å². The summed E-state index contributed by atoms with van der Waals surface area (Å²) in [5.74, 6) is 0.731. The zero-order valence-electron chi connectivity index (χ0n) is 10.4. The van der Waals surface area contributed by atoms with Crippen molar-refractivity contribution in [3.05, 3.63) is 17.5 Å². The normalized spacial score (nSPS) is 13.1. The third kappa shape index (κ3) is 3.67. The third-order valence-electron chi connectivity index (χ3n) is 2.79.